The Hall–Kier alpha value is -1.02. The maximum Gasteiger partial charge on any atom is 0.281 e. The zero-order valence-electron chi connectivity index (χ0n) is 14.3. The van der Waals surface area contributed by atoms with Crippen molar-refractivity contribution >= 4 is 21.1 Å². The zero-order chi connectivity index (χ0) is 16.6. The van der Waals surface area contributed by atoms with Crippen LogP contribution in [0.15, 0.2) is 12.1 Å². The molecular formula is C18H25AlN2O2. The van der Waals surface area contributed by atoms with E-state index in [9.17, 15) is 4.79 Å². The molecule has 0 aromatic heterocycles. The summed E-state index contributed by atoms with van der Waals surface area (Å²) < 4.78 is 5.58. The molecule has 1 aromatic rings. The van der Waals surface area contributed by atoms with E-state index in [-0.39, 0.29) is 4.77 Å². The summed E-state index contributed by atoms with van der Waals surface area (Å²) in [6, 6.07) is 5.31. The molecule has 3 rings (SSSR count). The second-order valence-corrected chi connectivity index (χ2v) is 7.22. The lowest BCUT2D eigenvalue weighted by Gasteiger charge is -2.49. The van der Waals surface area contributed by atoms with Crippen LogP contribution in [0.25, 0.3) is 0 Å². The summed E-state index contributed by atoms with van der Waals surface area (Å²) in [5, 5.41) is 0. The van der Waals surface area contributed by atoms with Crippen LogP contribution in [0.4, 0.5) is 4.79 Å². The minimum atomic E-state index is 0.128. The molecule has 2 aliphatic heterocycles. The summed E-state index contributed by atoms with van der Waals surface area (Å²) in [4.78, 5) is 16.3. The number of amides is 1. The molecule has 2 atom stereocenters. The van der Waals surface area contributed by atoms with Crippen molar-refractivity contribution in [3.8, 4) is 5.75 Å². The Balaban J connectivity index is 1.86. The van der Waals surface area contributed by atoms with Crippen molar-refractivity contribution < 1.29 is 9.53 Å². The highest BCUT2D eigenvalue weighted by Crippen LogP contribution is 2.39. The van der Waals surface area contributed by atoms with Gasteiger partial charge in [0.25, 0.3) is 16.3 Å². The molecule has 4 nitrogen and oxygen atoms in total. The first-order valence-corrected chi connectivity index (χ1v) is 9.05. The molecule has 2 fully saturated rings. The van der Waals surface area contributed by atoms with Crippen LogP contribution in [0, 0.1) is 13.8 Å². The normalized spacial score (nSPS) is 25.1. The third kappa shape index (κ3) is 3.15. The van der Waals surface area contributed by atoms with Crippen molar-refractivity contribution in [1.29, 1.82) is 0 Å². The average Bonchev–Trinajstić information content (AvgIpc) is 2.56. The minimum Gasteiger partial charge on any atom is -0.496 e. The summed E-state index contributed by atoms with van der Waals surface area (Å²) in [7, 11) is 1.73. The first kappa shape index (κ1) is 16.8. The highest BCUT2D eigenvalue weighted by Gasteiger charge is 2.36. The molecule has 1 aromatic carbocycles. The molecule has 2 saturated heterocycles. The lowest BCUT2D eigenvalue weighted by atomic mass is 9.86. The molecule has 1 unspecified atom stereocenters. The second-order valence-electron chi connectivity index (χ2n) is 6.73. The van der Waals surface area contributed by atoms with E-state index in [0.29, 0.717) is 12.1 Å². The minimum absolute atomic E-state index is 0.128. The van der Waals surface area contributed by atoms with Gasteiger partial charge in [-0.05, 0) is 55.9 Å². The maximum atomic E-state index is 11.7. The van der Waals surface area contributed by atoms with Gasteiger partial charge in [0.1, 0.15) is 5.75 Å². The smallest absolute Gasteiger partial charge is 0.281 e. The molecular weight excluding hydrogens is 303 g/mol. The Bertz CT molecular complexity index is 605. The highest BCUT2D eigenvalue weighted by molar-refractivity contribution is 6.56. The Kier molecular flexibility index (Phi) is 5.01. The van der Waals surface area contributed by atoms with Crippen LogP contribution in [0.2, 0.25) is 0 Å². The predicted molar refractivity (Wildman–Crippen MR) is 92.3 cm³/mol. The largest absolute Gasteiger partial charge is 0.496 e. The van der Waals surface area contributed by atoms with E-state index in [0.717, 1.165) is 25.4 Å². The van der Waals surface area contributed by atoms with Crippen LogP contribution in [0.5, 0.6) is 5.75 Å². The fourth-order valence-corrected chi connectivity index (χ4v) is 4.42. The second kappa shape index (κ2) is 6.85. The van der Waals surface area contributed by atoms with Crippen LogP contribution in [0.1, 0.15) is 42.0 Å². The van der Waals surface area contributed by atoms with E-state index in [1.165, 1.54) is 36.0 Å². The van der Waals surface area contributed by atoms with Crippen molar-refractivity contribution in [2.75, 3.05) is 26.7 Å². The standard InChI is InChI=1S/C18H25N2O2.Al/c1-13-14(2)18(22-3)8-7-16(13)17-6-4-5-15-11-19(12-21)9-10-20(15)17;/h7-8,15,17H,4-6,9-11H2,1-3H3;/t15?,17-;/m1./s1. The summed E-state index contributed by atoms with van der Waals surface area (Å²) in [5.41, 5.74) is 4.02. The van der Waals surface area contributed by atoms with Crippen molar-refractivity contribution in [3.63, 3.8) is 0 Å². The van der Waals surface area contributed by atoms with E-state index >= 15 is 0 Å². The van der Waals surface area contributed by atoms with Crippen LogP contribution in [-0.2, 0) is 0 Å². The van der Waals surface area contributed by atoms with E-state index in [4.69, 9.17) is 4.74 Å². The number of carbonyl (C=O) groups excluding carboxylic acids is 1. The first-order chi connectivity index (χ1) is 11.0. The van der Waals surface area contributed by atoms with Crippen molar-refractivity contribution in [2.45, 2.75) is 45.2 Å². The molecule has 0 N–H and O–H groups in total. The molecule has 0 bridgehead atoms. The number of carbonyl (C=O) groups is 1. The van der Waals surface area contributed by atoms with Gasteiger partial charge < -0.3 is 14.4 Å². The van der Waals surface area contributed by atoms with Crippen LogP contribution in [0.3, 0.4) is 0 Å². The molecule has 1 amide bonds. The summed E-state index contributed by atoms with van der Waals surface area (Å²) in [6.45, 7) is 7.03. The quantitative estimate of drug-likeness (QED) is 0.783. The van der Waals surface area contributed by atoms with Gasteiger partial charge in [0.15, 0.2) is 0 Å². The van der Waals surface area contributed by atoms with Gasteiger partial charge in [-0.1, -0.05) is 6.07 Å². The molecule has 0 saturated carbocycles. The number of nitrogens with zero attached hydrogens (tertiary/aromatic N) is 2. The van der Waals surface area contributed by atoms with Gasteiger partial charge in [-0.25, -0.2) is 0 Å². The maximum absolute atomic E-state index is 11.7. The van der Waals surface area contributed by atoms with Gasteiger partial charge in [-0.2, -0.15) is 0 Å². The van der Waals surface area contributed by atoms with Crippen molar-refractivity contribution in [1.82, 2.24) is 9.80 Å². The number of fused-ring (bicyclic) bond motifs is 1. The number of piperidine rings is 1. The lowest BCUT2D eigenvalue weighted by molar-refractivity contribution is 0.0259. The number of benzene rings is 1. The third-order valence-electron chi connectivity index (χ3n) is 5.61. The van der Waals surface area contributed by atoms with Gasteiger partial charge in [-0.15, -0.1) is 0 Å². The Morgan fingerprint density at radius 3 is 2.70 bits per heavy atom. The number of piperazine rings is 1. The average molecular weight is 328 g/mol. The third-order valence-corrected chi connectivity index (χ3v) is 5.98. The van der Waals surface area contributed by atoms with Crippen LogP contribution >= 0.6 is 0 Å². The first-order valence-electron chi connectivity index (χ1n) is 8.47. The van der Waals surface area contributed by atoms with E-state index < -0.39 is 0 Å². The number of hydrogen-bond donors (Lipinski definition) is 0. The van der Waals surface area contributed by atoms with Gasteiger partial charge in [-0.3, -0.25) is 4.90 Å². The van der Waals surface area contributed by atoms with E-state index in [1.54, 1.807) is 7.11 Å². The van der Waals surface area contributed by atoms with Gasteiger partial charge in [0.05, 0.1) is 11.9 Å². The molecule has 2 heterocycles. The number of ether oxygens (including phenoxy) is 1. The molecule has 2 aliphatic rings. The fraction of sp³-hybridized carbons (Fsp3) is 0.611. The van der Waals surface area contributed by atoms with Gasteiger partial charge >= 0.3 is 0 Å². The Labute approximate surface area is 147 Å². The summed E-state index contributed by atoms with van der Waals surface area (Å²) >= 11 is 2.32. The zero-order valence-corrected chi connectivity index (χ0v) is 15.5. The Morgan fingerprint density at radius 1 is 1.22 bits per heavy atom. The van der Waals surface area contributed by atoms with Gasteiger partial charge in [0.2, 0.25) is 0 Å². The molecule has 23 heavy (non-hydrogen) atoms. The molecule has 122 valence electrons. The summed E-state index contributed by atoms with van der Waals surface area (Å²) in [6.07, 6.45) is 3.63. The summed E-state index contributed by atoms with van der Waals surface area (Å²) in [5.74, 6) is 0.969. The topological polar surface area (TPSA) is 32.8 Å². The van der Waals surface area contributed by atoms with E-state index in [2.05, 4.69) is 47.2 Å². The number of methoxy groups -OCH3 is 1. The van der Waals surface area contributed by atoms with Crippen LogP contribution < -0.4 is 4.74 Å². The molecule has 0 aliphatic carbocycles. The monoisotopic (exact) mass is 328 g/mol. The van der Waals surface area contributed by atoms with Crippen LogP contribution in [-0.4, -0.2) is 63.6 Å². The molecule has 2 radical (unpaired) electrons. The number of hydrogen-bond acceptors (Lipinski definition) is 3. The molecule has 5 heteroatoms. The van der Waals surface area contributed by atoms with Gasteiger partial charge in [0, 0.05) is 31.7 Å². The molecule has 0 spiro atoms. The Morgan fingerprint density at radius 2 is 2.00 bits per heavy atom. The predicted octanol–water partition coefficient (Wildman–Crippen LogP) is 2.81. The van der Waals surface area contributed by atoms with Crippen molar-refractivity contribution in [3.05, 3.63) is 28.8 Å². The number of rotatable bonds is 2. The highest BCUT2D eigenvalue weighted by atomic mass is 27.0. The fourth-order valence-electron chi connectivity index (χ4n) is 4.18. The van der Waals surface area contributed by atoms with E-state index in [1.807, 2.05) is 4.90 Å². The SMILES string of the molecule is COc1ccc([C@H]2CCCC3CN([C](=O)[Al])CCN32)c(C)c1C. The lowest BCUT2D eigenvalue weighted by Crippen LogP contribution is -2.56. The van der Waals surface area contributed by atoms with Crippen molar-refractivity contribution in [2.24, 2.45) is 0 Å².